The van der Waals surface area contributed by atoms with Gasteiger partial charge < -0.3 is 0 Å². The number of hydrogen-bond donors (Lipinski definition) is 0. The molecule has 0 aromatic carbocycles. The van der Waals surface area contributed by atoms with Gasteiger partial charge in [-0.15, -0.1) is 0 Å². The molecule has 0 amide bonds. The van der Waals surface area contributed by atoms with E-state index >= 15 is 0 Å². The topological polar surface area (TPSA) is 24.7 Å². The average Bonchev–Trinajstić information content (AvgIpc) is 1.92. The fourth-order valence-corrected chi connectivity index (χ4v) is 1.86. The van der Waals surface area contributed by atoms with Crippen molar-refractivity contribution in [2.24, 2.45) is 9.98 Å². The summed E-state index contributed by atoms with van der Waals surface area (Å²) >= 11 is 0. The van der Waals surface area contributed by atoms with Crippen LogP contribution in [0.1, 0.15) is 0 Å². The molecule has 0 aliphatic carbocycles. The lowest BCUT2D eigenvalue weighted by Crippen LogP contribution is -2.04. The Labute approximate surface area is 48.8 Å². The Kier molecular flexibility index (Phi) is 0.820. The minimum atomic E-state index is -0.167. The van der Waals surface area contributed by atoms with E-state index in [-0.39, 0.29) is 14.1 Å². The molecule has 0 atom stereocenters. The second-order valence-electron chi connectivity index (χ2n) is 1.73. The van der Waals surface area contributed by atoms with E-state index in [9.17, 15) is 0 Å². The highest BCUT2D eigenvalue weighted by Crippen LogP contribution is 2.37. The maximum atomic E-state index is 4.12. The van der Waals surface area contributed by atoms with E-state index < -0.39 is 0 Å². The van der Waals surface area contributed by atoms with Crippen molar-refractivity contribution >= 4 is 19.8 Å². The molecule has 3 aliphatic rings. The van der Waals surface area contributed by atoms with Gasteiger partial charge in [0.05, 0.1) is 0 Å². The van der Waals surface area contributed by atoms with E-state index in [0.717, 1.165) is 0 Å². The highest BCUT2D eigenvalue weighted by molar-refractivity contribution is 7.88. The maximum Gasteiger partial charge on any atom is 0.158 e. The van der Waals surface area contributed by atoms with Gasteiger partial charge in [-0.2, -0.15) is 0 Å². The quantitative estimate of drug-likeness (QED) is 0.436. The molecular formula is C5H5N2P. The zero-order valence-electron chi connectivity index (χ0n) is 4.23. The van der Waals surface area contributed by atoms with Gasteiger partial charge in [-0.3, -0.25) is 9.98 Å². The monoisotopic (exact) mass is 124 g/mol. The molecule has 40 valence electrons. The summed E-state index contributed by atoms with van der Waals surface area (Å²) in [5.74, 6) is 6.17. The average molecular weight is 124 g/mol. The lowest BCUT2D eigenvalue weighted by atomic mass is 10.5. The smallest absolute Gasteiger partial charge is 0.158 e. The first-order valence-corrected chi connectivity index (χ1v) is 4.02. The molecule has 0 unspecified atom stereocenters. The molecule has 0 radical (unpaired) electrons. The van der Waals surface area contributed by atoms with Crippen LogP contribution in [0.25, 0.3) is 0 Å². The highest BCUT2D eigenvalue weighted by Gasteiger charge is 2.11. The third-order valence-corrected chi connectivity index (χ3v) is 2.45. The Hall–Kier alpha value is -0.490. The van der Waals surface area contributed by atoms with Crippen LogP contribution in [0.15, 0.2) is 21.9 Å². The van der Waals surface area contributed by atoms with Crippen LogP contribution in [0.2, 0.25) is 0 Å². The maximum absolute atomic E-state index is 4.12. The second kappa shape index (κ2) is 1.49. The molecule has 0 fully saturated rings. The van der Waals surface area contributed by atoms with E-state index in [1.165, 1.54) is 0 Å². The molecule has 0 saturated heterocycles. The van der Waals surface area contributed by atoms with Crippen molar-refractivity contribution in [1.29, 1.82) is 0 Å². The first kappa shape index (κ1) is 4.39. The first-order valence-electron chi connectivity index (χ1n) is 2.47. The van der Waals surface area contributed by atoms with Gasteiger partial charge in [0.25, 0.3) is 0 Å². The molecule has 0 saturated carbocycles. The van der Waals surface area contributed by atoms with Crippen LogP contribution in [-0.2, 0) is 0 Å². The number of rotatable bonds is 0. The third-order valence-electron chi connectivity index (χ3n) is 1.14. The summed E-state index contributed by atoms with van der Waals surface area (Å²) in [7, 11) is -0.167. The summed E-state index contributed by atoms with van der Waals surface area (Å²) in [6.45, 7) is 0. The molecule has 3 heterocycles. The van der Waals surface area contributed by atoms with Gasteiger partial charge in [-0.1, -0.05) is 0 Å². The van der Waals surface area contributed by atoms with Crippen LogP contribution < -0.4 is 0 Å². The SMILES string of the molecule is C1=CP2C=NC1N=C2. The van der Waals surface area contributed by atoms with Gasteiger partial charge in [0.1, 0.15) is 0 Å². The van der Waals surface area contributed by atoms with Crippen molar-refractivity contribution in [2.45, 2.75) is 6.17 Å². The van der Waals surface area contributed by atoms with Crippen molar-refractivity contribution in [1.82, 2.24) is 0 Å². The zero-order chi connectivity index (χ0) is 5.40. The van der Waals surface area contributed by atoms with Gasteiger partial charge in [-0.05, 0) is 11.9 Å². The molecule has 2 nitrogen and oxygen atoms in total. The zero-order valence-corrected chi connectivity index (χ0v) is 5.12. The van der Waals surface area contributed by atoms with Crippen LogP contribution in [0.4, 0.5) is 0 Å². The van der Waals surface area contributed by atoms with Gasteiger partial charge in [0.15, 0.2) is 6.17 Å². The number of hydrogen-bond acceptors (Lipinski definition) is 2. The van der Waals surface area contributed by atoms with Crippen LogP contribution in [-0.4, -0.2) is 18.1 Å². The van der Waals surface area contributed by atoms with Gasteiger partial charge in [0.2, 0.25) is 0 Å². The highest BCUT2D eigenvalue weighted by atomic mass is 31.1. The summed E-state index contributed by atoms with van der Waals surface area (Å²) in [5, 5.41) is 0. The molecule has 0 spiro atoms. The lowest BCUT2D eigenvalue weighted by Gasteiger charge is -2.15. The Morgan fingerprint density at radius 3 is 2.12 bits per heavy atom. The van der Waals surface area contributed by atoms with E-state index in [2.05, 4.69) is 15.8 Å². The summed E-state index contributed by atoms with van der Waals surface area (Å²) in [6, 6.07) is 0. The Morgan fingerprint density at radius 2 is 2.00 bits per heavy atom. The molecule has 2 bridgehead atoms. The Balaban J connectivity index is 2.39. The number of nitrogens with zero attached hydrogens (tertiary/aromatic N) is 2. The van der Waals surface area contributed by atoms with Crippen molar-refractivity contribution < 1.29 is 0 Å². The molecule has 0 aromatic heterocycles. The van der Waals surface area contributed by atoms with Crippen LogP contribution in [0.5, 0.6) is 0 Å². The Bertz CT molecular complexity index is 132. The first-order chi connectivity index (χ1) is 3.95. The molecule has 0 aromatic rings. The standard InChI is InChI=1S/C5H5N2P/c1-2-8-3-6-5(1)7-4-8/h1-5H. The summed E-state index contributed by atoms with van der Waals surface area (Å²) in [6.07, 6.45) is 2.17. The summed E-state index contributed by atoms with van der Waals surface area (Å²) in [5.41, 5.74) is 0. The van der Waals surface area contributed by atoms with E-state index in [1.807, 2.05) is 18.0 Å². The summed E-state index contributed by atoms with van der Waals surface area (Å²) < 4.78 is 0. The van der Waals surface area contributed by atoms with E-state index in [0.29, 0.717) is 0 Å². The van der Waals surface area contributed by atoms with Crippen molar-refractivity contribution in [2.75, 3.05) is 0 Å². The predicted octanol–water partition coefficient (Wildman–Crippen LogP) is 1.39. The van der Waals surface area contributed by atoms with Gasteiger partial charge >= 0.3 is 0 Å². The van der Waals surface area contributed by atoms with Crippen LogP contribution in [0.3, 0.4) is 0 Å². The molecule has 3 heteroatoms. The molecule has 0 N–H and O–H groups in total. The van der Waals surface area contributed by atoms with Gasteiger partial charge in [-0.25, -0.2) is 0 Å². The number of aliphatic imine (C=N–C) groups is 2. The largest absolute Gasteiger partial charge is 0.261 e. The molecule has 3 aliphatic heterocycles. The second-order valence-corrected chi connectivity index (χ2v) is 3.39. The van der Waals surface area contributed by atoms with E-state index in [1.54, 1.807) is 0 Å². The Morgan fingerprint density at radius 1 is 1.25 bits per heavy atom. The van der Waals surface area contributed by atoms with Gasteiger partial charge in [0, 0.05) is 19.8 Å². The predicted molar refractivity (Wildman–Crippen MR) is 36.8 cm³/mol. The minimum Gasteiger partial charge on any atom is -0.261 e. The fraction of sp³-hybridized carbons (Fsp3) is 0.200. The fourth-order valence-electron chi connectivity index (χ4n) is 0.712. The van der Waals surface area contributed by atoms with Crippen LogP contribution >= 0.6 is 7.92 Å². The van der Waals surface area contributed by atoms with Crippen molar-refractivity contribution in [3.63, 3.8) is 0 Å². The van der Waals surface area contributed by atoms with Crippen molar-refractivity contribution in [3.8, 4) is 0 Å². The van der Waals surface area contributed by atoms with Crippen LogP contribution in [0, 0.1) is 0 Å². The van der Waals surface area contributed by atoms with E-state index in [4.69, 9.17) is 0 Å². The normalized spacial score (nSPS) is 39.0. The lowest BCUT2D eigenvalue weighted by molar-refractivity contribution is 0.888. The third kappa shape index (κ3) is 0.532. The minimum absolute atomic E-state index is 0.127. The molecular weight excluding hydrogens is 119 g/mol. The summed E-state index contributed by atoms with van der Waals surface area (Å²) in [4.78, 5) is 8.23. The molecule has 8 heavy (non-hydrogen) atoms. The molecule has 3 rings (SSSR count). The van der Waals surface area contributed by atoms with Crippen molar-refractivity contribution in [3.05, 3.63) is 11.9 Å².